The Morgan fingerprint density at radius 1 is 1.08 bits per heavy atom. The maximum absolute atomic E-state index is 13.9. The van der Waals surface area contributed by atoms with E-state index < -0.39 is 87.9 Å². The van der Waals surface area contributed by atoms with Crippen molar-refractivity contribution >= 4 is 35.0 Å². The number of carbonyl (C=O) groups excluding carboxylic acids is 6. The first kappa shape index (κ1) is 25.6. The first-order chi connectivity index (χ1) is 16.7. The molecule has 8 atom stereocenters. The van der Waals surface area contributed by atoms with E-state index in [0.717, 1.165) is 7.11 Å². The molecule has 0 aromatic heterocycles. The number of ether oxygens (including phenoxy) is 1. The highest BCUT2D eigenvalue weighted by atomic mass is 16.5. The largest absolute Gasteiger partial charge is 0.506 e. The topological polar surface area (TPSA) is 181 Å². The van der Waals surface area contributed by atoms with Gasteiger partial charge in [-0.3, -0.25) is 28.9 Å². The number of nitrogens with zero attached hydrogens (tertiary/aromatic N) is 1. The fourth-order valence-electron chi connectivity index (χ4n) is 6.76. The van der Waals surface area contributed by atoms with Crippen molar-refractivity contribution < 1.29 is 43.7 Å². The third-order valence-electron chi connectivity index (χ3n) is 8.31. The number of fused-ring (bicyclic) bond motifs is 3. The molecule has 4 N–H and O–H groups in total. The molecule has 0 saturated heterocycles. The number of nitrogens with two attached hydrogens (primary N) is 1. The number of ketones is 4. The van der Waals surface area contributed by atoms with Crippen molar-refractivity contribution in [2.45, 2.75) is 31.4 Å². The average molecular weight is 501 g/mol. The van der Waals surface area contributed by atoms with E-state index in [1.807, 2.05) is 0 Å². The molecule has 11 nitrogen and oxygen atoms in total. The van der Waals surface area contributed by atoms with Crippen molar-refractivity contribution in [3.63, 3.8) is 0 Å². The lowest BCUT2D eigenvalue weighted by molar-refractivity contribution is -0.188. The van der Waals surface area contributed by atoms with Crippen LogP contribution in [0.4, 0.5) is 0 Å². The van der Waals surface area contributed by atoms with E-state index in [9.17, 15) is 39.0 Å². The molecule has 192 valence electrons. The van der Waals surface area contributed by atoms with Gasteiger partial charge in [-0.15, -0.1) is 0 Å². The number of likely N-dealkylation sites (N-methyl/N-ethyl adjacent to an activating group) is 1. The Morgan fingerprint density at radius 3 is 2.22 bits per heavy atom. The second-order valence-electron chi connectivity index (χ2n) is 10.2. The van der Waals surface area contributed by atoms with E-state index in [0.29, 0.717) is 5.56 Å². The van der Waals surface area contributed by atoms with E-state index in [-0.39, 0.29) is 11.1 Å². The summed E-state index contributed by atoms with van der Waals surface area (Å²) in [6, 6.07) is 1.63. The van der Waals surface area contributed by atoms with Crippen LogP contribution < -0.4 is 5.73 Å². The summed E-state index contributed by atoms with van der Waals surface area (Å²) in [6.07, 6.45) is 0. The van der Waals surface area contributed by atoms with Gasteiger partial charge in [0.2, 0.25) is 5.91 Å². The Balaban J connectivity index is 1.95. The number of esters is 1. The number of amides is 1. The van der Waals surface area contributed by atoms with Crippen LogP contribution in [0, 0.1) is 29.6 Å². The predicted molar refractivity (Wildman–Crippen MR) is 122 cm³/mol. The number of hydrogen-bond acceptors (Lipinski definition) is 10. The summed E-state index contributed by atoms with van der Waals surface area (Å²) in [5.41, 5.74) is 2.36. The predicted octanol–water partition coefficient (Wildman–Crippen LogP) is -0.539. The third-order valence-corrected chi connectivity index (χ3v) is 8.31. The van der Waals surface area contributed by atoms with Crippen LogP contribution in [0.5, 0.6) is 5.75 Å². The minimum absolute atomic E-state index is 0.260. The molecule has 2 saturated carbocycles. The van der Waals surface area contributed by atoms with Gasteiger partial charge in [-0.2, -0.15) is 0 Å². The van der Waals surface area contributed by atoms with Gasteiger partial charge in [0.15, 0.2) is 34.7 Å². The van der Waals surface area contributed by atoms with Gasteiger partial charge in [0, 0.05) is 5.92 Å². The van der Waals surface area contributed by atoms with Crippen LogP contribution in [0.25, 0.3) is 0 Å². The molecule has 3 aliphatic rings. The van der Waals surface area contributed by atoms with Crippen molar-refractivity contribution in [1.82, 2.24) is 4.90 Å². The molecular formula is C25H28N2O9. The van der Waals surface area contributed by atoms with Gasteiger partial charge in [-0.1, -0.05) is 19.9 Å². The molecule has 0 heterocycles. The number of aliphatic hydroxyl groups is 1. The average Bonchev–Trinajstić information content (AvgIpc) is 2.80. The molecule has 1 aromatic rings. The standard InChI is InChI=1S/C25H28N2O9/c1-8-10-6-7-11(24(34)36-5)18(28)13(10)19(29)14-12(8)9(2)16-17(27(3)4)20(30)15(23(26)33)22(32)25(16,35)21(14)31/h6-9,12,14-17,28,35H,1-5H3,(H2,26,33)/t8-,9-,12-,14?,15?,16-,17-,25-/m0/s1. The van der Waals surface area contributed by atoms with Crippen molar-refractivity contribution in [1.29, 1.82) is 0 Å². The summed E-state index contributed by atoms with van der Waals surface area (Å²) in [4.78, 5) is 79.9. The zero-order valence-corrected chi connectivity index (χ0v) is 20.5. The van der Waals surface area contributed by atoms with Crippen molar-refractivity contribution in [3.8, 4) is 5.75 Å². The van der Waals surface area contributed by atoms with Crippen LogP contribution in [-0.4, -0.2) is 83.0 Å². The number of rotatable bonds is 3. The molecular weight excluding hydrogens is 472 g/mol. The molecule has 0 radical (unpaired) electrons. The number of aromatic hydroxyl groups is 1. The highest BCUT2D eigenvalue weighted by Crippen LogP contribution is 2.57. The number of phenols is 1. The van der Waals surface area contributed by atoms with E-state index in [1.165, 1.54) is 31.1 Å². The summed E-state index contributed by atoms with van der Waals surface area (Å²) >= 11 is 0. The van der Waals surface area contributed by atoms with Gasteiger partial charge in [-0.25, -0.2) is 4.79 Å². The molecule has 4 rings (SSSR count). The van der Waals surface area contributed by atoms with Gasteiger partial charge in [-0.05, 0) is 43.5 Å². The van der Waals surface area contributed by atoms with Crippen molar-refractivity contribution in [2.75, 3.05) is 21.2 Å². The number of phenolic OH excluding ortho intramolecular Hbond substituents is 1. The molecule has 1 aromatic carbocycles. The van der Waals surface area contributed by atoms with Gasteiger partial charge in [0.05, 0.1) is 24.6 Å². The lowest BCUT2D eigenvalue weighted by Crippen LogP contribution is -2.76. The molecule has 36 heavy (non-hydrogen) atoms. The first-order valence-electron chi connectivity index (χ1n) is 11.5. The molecule has 1 amide bonds. The Morgan fingerprint density at radius 2 is 1.69 bits per heavy atom. The maximum atomic E-state index is 13.9. The lowest BCUT2D eigenvalue weighted by atomic mass is 9.47. The monoisotopic (exact) mass is 500 g/mol. The maximum Gasteiger partial charge on any atom is 0.341 e. The molecule has 0 bridgehead atoms. The Labute approximate surface area is 206 Å². The fourth-order valence-corrected chi connectivity index (χ4v) is 6.76. The number of methoxy groups -OCH3 is 1. The summed E-state index contributed by atoms with van der Waals surface area (Å²) < 4.78 is 4.65. The van der Waals surface area contributed by atoms with Gasteiger partial charge < -0.3 is 20.7 Å². The zero-order valence-electron chi connectivity index (χ0n) is 20.5. The van der Waals surface area contributed by atoms with E-state index in [4.69, 9.17) is 5.73 Å². The Hall–Kier alpha value is -3.44. The van der Waals surface area contributed by atoms with Crippen molar-refractivity contribution in [2.24, 2.45) is 35.3 Å². The minimum atomic E-state index is -2.83. The summed E-state index contributed by atoms with van der Waals surface area (Å²) in [7, 11) is 4.16. The van der Waals surface area contributed by atoms with Crippen LogP contribution >= 0.6 is 0 Å². The summed E-state index contributed by atoms with van der Waals surface area (Å²) in [6.45, 7) is 3.39. The highest BCUT2D eigenvalue weighted by Gasteiger charge is 2.72. The van der Waals surface area contributed by atoms with Crippen molar-refractivity contribution in [3.05, 3.63) is 28.8 Å². The number of carbonyl (C=O) groups is 6. The number of Topliss-reactive ketones (excluding diaryl/α,β-unsaturated/α-hetero) is 4. The van der Waals surface area contributed by atoms with Crippen LogP contribution in [-0.2, 0) is 23.9 Å². The van der Waals surface area contributed by atoms with Gasteiger partial charge >= 0.3 is 5.97 Å². The second kappa shape index (κ2) is 8.31. The molecule has 0 spiro atoms. The fraction of sp³-hybridized carbons (Fsp3) is 0.520. The SMILES string of the molecule is COC(=O)c1ccc2c(c1O)C(=O)C1C(=O)[C@]3(O)C(=O)C(C(N)=O)C(=O)[C@@H](N(C)C)[C@@H]3[C@@H](C)[C@@H]1[C@H]2C. The second-order valence-corrected chi connectivity index (χ2v) is 10.2. The van der Waals surface area contributed by atoms with Gasteiger partial charge in [0.25, 0.3) is 0 Å². The van der Waals surface area contributed by atoms with Crippen LogP contribution in [0.3, 0.4) is 0 Å². The Bertz CT molecular complexity index is 1240. The normalized spacial score (nSPS) is 35.7. The summed E-state index contributed by atoms with van der Waals surface area (Å²) in [5, 5.41) is 22.5. The number of primary amides is 1. The molecule has 11 heteroatoms. The van der Waals surface area contributed by atoms with Crippen LogP contribution in [0.1, 0.15) is 46.0 Å². The number of hydrogen-bond donors (Lipinski definition) is 3. The van der Waals surface area contributed by atoms with E-state index >= 15 is 0 Å². The van der Waals surface area contributed by atoms with Crippen LogP contribution in [0.15, 0.2) is 12.1 Å². The quantitative estimate of drug-likeness (QED) is 0.360. The molecule has 2 unspecified atom stereocenters. The van der Waals surface area contributed by atoms with Gasteiger partial charge in [0.1, 0.15) is 11.3 Å². The molecule has 2 fully saturated rings. The third kappa shape index (κ3) is 3.05. The van der Waals surface area contributed by atoms with Crippen LogP contribution in [0.2, 0.25) is 0 Å². The molecule has 0 aliphatic heterocycles. The van der Waals surface area contributed by atoms with E-state index in [1.54, 1.807) is 13.8 Å². The Kier molecular flexibility index (Phi) is 5.92. The zero-order chi connectivity index (χ0) is 27.0. The smallest absolute Gasteiger partial charge is 0.341 e. The summed E-state index contributed by atoms with van der Waals surface area (Å²) in [5.74, 6) is -13.8. The van der Waals surface area contributed by atoms with E-state index in [2.05, 4.69) is 4.74 Å². The minimum Gasteiger partial charge on any atom is -0.506 e. The molecule has 3 aliphatic carbocycles. The number of benzene rings is 1. The lowest BCUT2D eigenvalue weighted by Gasteiger charge is -2.56. The first-order valence-corrected chi connectivity index (χ1v) is 11.5. The highest BCUT2D eigenvalue weighted by molar-refractivity contribution is 6.32.